The second kappa shape index (κ2) is 5.92. The zero-order chi connectivity index (χ0) is 15.6. The van der Waals surface area contributed by atoms with Crippen molar-refractivity contribution >= 4 is 16.9 Å². The van der Waals surface area contributed by atoms with Gasteiger partial charge in [0.1, 0.15) is 6.61 Å². The molecule has 0 radical (unpaired) electrons. The molecule has 0 bridgehead atoms. The number of aromatic nitrogens is 1. The first-order chi connectivity index (χ1) is 11.3. The largest absolute Gasteiger partial charge is 0.457 e. The topological polar surface area (TPSA) is 42.1 Å². The Balaban J connectivity index is 1.63. The lowest BCUT2D eigenvalue weighted by Crippen LogP contribution is -2.06. The van der Waals surface area contributed by atoms with Crippen LogP contribution in [0.2, 0.25) is 0 Å². The SMILES string of the molecule is O=C(OCc1ccccc1)c1cccc2c3c([nH]c12)CCCC3. The maximum absolute atomic E-state index is 12.5. The number of hydrogen-bond acceptors (Lipinski definition) is 2. The van der Waals surface area contributed by atoms with E-state index in [2.05, 4.69) is 11.1 Å². The molecule has 1 N–H and O–H groups in total. The number of carbonyl (C=O) groups is 1. The van der Waals surface area contributed by atoms with Crippen molar-refractivity contribution in [2.45, 2.75) is 32.3 Å². The van der Waals surface area contributed by atoms with E-state index in [1.807, 2.05) is 42.5 Å². The Morgan fingerprint density at radius 3 is 2.70 bits per heavy atom. The monoisotopic (exact) mass is 305 g/mol. The van der Waals surface area contributed by atoms with E-state index in [9.17, 15) is 4.79 Å². The fourth-order valence-corrected chi connectivity index (χ4v) is 3.40. The summed E-state index contributed by atoms with van der Waals surface area (Å²) in [6.07, 6.45) is 4.61. The maximum Gasteiger partial charge on any atom is 0.340 e. The minimum Gasteiger partial charge on any atom is -0.457 e. The first-order valence-electron chi connectivity index (χ1n) is 8.16. The molecule has 0 unspecified atom stereocenters. The Bertz CT molecular complexity index is 849. The molecule has 1 aliphatic rings. The smallest absolute Gasteiger partial charge is 0.340 e. The second-order valence-electron chi connectivity index (χ2n) is 6.08. The Hall–Kier alpha value is -2.55. The number of aromatic amines is 1. The number of benzene rings is 2. The van der Waals surface area contributed by atoms with Crippen LogP contribution in [-0.4, -0.2) is 11.0 Å². The van der Waals surface area contributed by atoms with Gasteiger partial charge < -0.3 is 9.72 Å². The number of hydrogen-bond donors (Lipinski definition) is 1. The van der Waals surface area contributed by atoms with E-state index in [4.69, 9.17) is 4.74 Å². The Kier molecular flexibility index (Phi) is 3.62. The summed E-state index contributed by atoms with van der Waals surface area (Å²) in [4.78, 5) is 16.0. The Labute approximate surface area is 135 Å². The fourth-order valence-electron chi connectivity index (χ4n) is 3.40. The standard InChI is InChI=1S/C20H19NO2/c22-20(23-13-14-7-2-1-3-8-14)17-11-6-10-16-15-9-4-5-12-18(15)21-19(16)17/h1-3,6-8,10-11,21H,4-5,9,12-13H2. The first kappa shape index (κ1) is 14.1. The van der Waals surface area contributed by atoms with E-state index in [0.717, 1.165) is 23.9 Å². The molecule has 3 aromatic rings. The van der Waals surface area contributed by atoms with Crippen molar-refractivity contribution in [1.82, 2.24) is 4.98 Å². The molecule has 1 aliphatic carbocycles. The molecule has 0 saturated carbocycles. The third-order valence-electron chi connectivity index (χ3n) is 4.57. The van der Waals surface area contributed by atoms with Crippen LogP contribution in [-0.2, 0) is 24.2 Å². The van der Waals surface area contributed by atoms with E-state index >= 15 is 0 Å². The first-order valence-corrected chi connectivity index (χ1v) is 8.16. The number of rotatable bonds is 3. The molecule has 116 valence electrons. The van der Waals surface area contributed by atoms with E-state index in [1.54, 1.807) is 0 Å². The lowest BCUT2D eigenvalue weighted by Gasteiger charge is -2.10. The molecule has 0 atom stereocenters. The zero-order valence-electron chi connectivity index (χ0n) is 13.0. The fraction of sp³-hybridized carbons (Fsp3) is 0.250. The summed E-state index contributed by atoms with van der Waals surface area (Å²) in [5.74, 6) is -0.266. The Morgan fingerprint density at radius 1 is 1.00 bits per heavy atom. The van der Waals surface area contributed by atoms with Gasteiger partial charge in [-0.1, -0.05) is 42.5 Å². The maximum atomic E-state index is 12.5. The van der Waals surface area contributed by atoms with Gasteiger partial charge in [0.15, 0.2) is 0 Å². The number of esters is 1. The number of H-pyrrole nitrogens is 1. The third-order valence-corrected chi connectivity index (χ3v) is 4.57. The molecule has 1 heterocycles. The number of carbonyl (C=O) groups excluding carboxylic acids is 1. The normalized spacial score (nSPS) is 13.7. The van der Waals surface area contributed by atoms with Gasteiger partial charge in [-0.15, -0.1) is 0 Å². The van der Waals surface area contributed by atoms with Gasteiger partial charge in [0.25, 0.3) is 0 Å². The predicted octanol–water partition coefficient (Wildman–Crippen LogP) is 4.40. The molecule has 3 heteroatoms. The van der Waals surface area contributed by atoms with E-state index in [-0.39, 0.29) is 5.97 Å². The Morgan fingerprint density at radius 2 is 1.83 bits per heavy atom. The average molecular weight is 305 g/mol. The second-order valence-corrected chi connectivity index (χ2v) is 6.08. The average Bonchev–Trinajstić information content (AvgIpc) is 2.99. The van der Waals surface area contributed by atoms with Crippen LogP contribution in [0.5, 0.6) is 0 Å². The lowest BCUT2D eigenvalue weighted by atomic mass is 9.95. The van der Waals surface area contributed by atoms with Gasteiger partial charge >= 0.3 is 5.97 Å². The molecule has 0 spiro atoms. The highest BCUT2D eigenvalue weighted by atomic mass is 16.5. The minimum atomic E-state index is -0.266. The molecule has 23 heavy (non-hydrogen) atoms. The van der Waals surface area contributed by atoms with Crippen LogP contribution in [0.3, 0.4) is 0 Å². The molecule has 2 aromatic carbocycles. The number of fused-ring (bicyclic) bond motifs is 3. The number of para-hydroxylation sites is 1. The molecule has 0 aliphatic heterocycles. The van der Waals surface area contributed by atoms with Crippen molar-refractivity contribution in [3.8, 4) is 0 Å². The van der Waals surface area contributed by atoms with Crippen molar-refractivity contribution < 1.29 is 9.53 Å². The summed E-state index contributed by atoms with van der Waals surface area (Å²) in [5, 5.41) is 1.17. The van der Waals surface area contributed by atoms with Crippen LogP contribution in [0.4, 0.5) is 0 Å². The van der Waals surface area contributed by atoms with E-state index in [1.165, 1.54) is 29.5 Å². The highest BCUT2D eigenvalue weighted by Crippen LogP contribution is 2.31. The van der Waals surface area contributed by atoms with E-state index < -0.39 is 0 Å². The summed E-state index contributed by atoms with van der Waals surface area (Å²) >= 11 is 0. The highest BCUT2D eigenvalue weighted by molar-refractivity contribution is 6.04. The summed E-state index contributed by atoms with van der Waals surface area (Å²) in [6, 6.07) is 15.7. The van der Waals surface area contributed by atoms with Crippen LogP contribution >= 0.6 is 0 Å². The summed E-state index contributed by atoms with van der Waals surface area (Å²) in [6.45, 7) is 0.302. The summed E-state index contributed by atoms with van der Waals surface area (Å²) in [5.41, 5.74) is 5.22. The van der Waals surface area contributed by atoms with Crippen molar-refractivity contribution in [2.75, 3.05) is 0 Å². The highest BCUT2D eigenvalue weighted by Gasteiger charge is 2.19. The van der Waals surface area contributed by atoms with Crippen molar-refractivity contribution in [3.63, 3.8) is 0 Å². The van der Waals surface area contributed by atoms with Crippen LogP contribution in [0.15, 0.2) is 48.5 Å². The zero-order valence-corrected chi connectivity index (χ0v) is 13.0. The van der Waals surface area contributed by atoms with E-state index in [0.29, 0.717) is 12.2 Å². The van der Waals surface area contributed by atoms with Crippen molar-refractivity contribution in [2.24, 2.45) is 0 Å². The predicted molar refractivity (Wildman–Crippen MR) is 90.5 cm³/mol. The van der Waals surface area contributed by atoms with Gasteiger partial charge in [-0.25, -0.2) is 4.79 Å². The van der Waals surface area contributed by atoms with Crippen molar-refractivity contribution in [1.29, 1.82) is 0 Å². The van der Waals surface area contributed by atoms with Crippen LogP contribution in [0, 0.1) is 0 Å². The molecule has 4 rings (SSSR count). The summed E-state index contributed by atoms with van der Waals surface area (Å²) in [7, 11) is 0. The van der Waals surface area contributed by atoms with Gasteiger partial charge in [-0.05, 0) is 42.9 Å². The number of ether oxygens (including phenoxy) is 1. The number of nitrogens with one attached hydrogen (secondary N) is 1. The van der Waals surface area contributed by atoms with Crippen LogP contribution in [0.1, 0.15) is 40.0 Å². The van der Waals surface area contributed by atoms with Gasteiger partial charge in [0, 0.05) is 11.1 Å². The van der Waals surface area contributed by atoms with Gasteiger partial charge in [-0.2, -0.15) is 0 Å². The quantitative estimate of drug-likeness (QED) is 0.729. The van der Waals surface area contributed by atoms with Gasteiger partial charge in [0.05, 0.1) is 11.1 Å². The van der Waals surface area contributed by atoms with Crippen molar-refractivity contribution in [3.05, 3.63) is 70.9 Å². The molecular weight excluding hydrogens is 286 g/mol. The summed E-state index contributed by atoms with van der Waals surface area (Å²) < 4.78 is 5.50. The molecule has 3 nitrogen and oxygen atoms in total. The molecule has 0 amide bonds. The molecular formula is C20H19NO2. The molecule has 1 aromatic heterocycles. The van der Waals surface area contributed by atoms with Crippen LogP contribution < -0.4 is 0 Å². The molecule has 0 fully saturated rings. The third kappa shape index (κ3) is 2.63. The molecule has 0 saturated heterocycles. The van der Waals surface area contributed by atoms with Gasteiger partial charge in [0.2, 0.25) is 0 Å². The number of aryl methyl sites for hydroxylation is 2. The lowest BCUT2D eigenvalue weighted by molar-refractivity contribution is 0.0475. The van der Waals surface area contributed by atoms with Crippen LogP contribution in [0.25, 0.3) is 10.9 Å². The van der Waals surface area contributed by atoms with Gasteiger partial charge in [-0.3, -0.25) is 0 Å². The minimum absolute atomic E-state index is 0.266.